The number of hydrogen-bond acceptors (Lipinski definition) is 5. The van der Waals surface area contributed by atoms with Crippen LogP contribution in [0, 0.1) is 0 Å². The Hall–Kier alpha value is -2.77. The largest absolute Gasteiger partial charge is 0.368 e. The summed E-state index contributed by atoms with van der Waals surface area (Å²) in [5, 5.41) is 10.0. The molecule has 1 aromatic heterocycles. The van der Waals surface area contributed by atoms with Crippen LogP contribution in [0.15, 0.2) is 72.4 Å². The molecule has 0 saturated carbocycles. The highest BCUT2D eigenvalue weighted by Gasteiger charge is 2.22. The van der Waals surface area contributed by atoms with Crippen molar-refractivity contribution in [2.24, 2.45) is 0 Å². The molecule has 2 heterocycles. The highest BCUT2D eigenvalue weighted by Crippen LogP contribution is 2.26. The Labute approximate surface area is 191 Å². The van der Waals surface area contributed by atoms with E-state index < -0.39 is 0 Å². The van der Waals surface area contributed by atoms with Crippen molar-refractivity contribution in [1.29, 1.82) is 0 Å². The number of rotatable bonds is 7. The van der Waals surface area contributed by atoms with E-state index in [0.29, 0.717) is 22.5 Å². The third-order valence-electron chi connectivity index (χ3n) is 5.21. The fourth-order valence-corrected chi connectivity index (χ4v) is 4.55. The molecule has 4 rings (SSSR count). The molecule has 6 nitrogen and oxygen atoms in total. The topological polar surface area (TPSA) is 54.3 Å². The van der Waals surface area contributed by atoms with E-state index in [0.717, 1.165) is 37.6 Å². The normalized spacial score (nSPS) is 14.0. The van der Waals surface area contributed by atoms with Crippen molar-refractivity contribution in [1.82, 2.24) is 19.7 Å². The molecule has 0 bridgehead atoms. The minimum absolute atomic E-state index is 0.124. The van der Waals surface area contributed by atoms with Gasteiger partial charge in [0.05, 0.1) is 5.75 Å². The molecule has 2 aromatic carbocycles. The molecular formula is C23H24ClN5OS. The fraction of sp³-hybridized carbons (Fsp3) is 0.261. The molecule has 0 unspecified atom stereocenters. The standard InChI is InChI=1S/C23H24ClN5OS/c1-2-12-29-22(18-8-10-19(24)11-9-18)25-26-23(29)31-17-21(30)28-15-13-27(14-16-28)20-6-4-3-5-7-20/h2-11H,1,12-17H2. The maximum Gasteiger partial charge on any atom is 0.233 e. The number of amides is 1. The number of piperazine rings is 1. The minimum Gasteiger partial charge on any atom is -0.368 e. The molecule has 31 heavy (non-hydrogen) atoms. The zero-order chi connectivity index (χ0) is 21.6. The summed E-state index contributed by atoms with van der Waals surface area (Å²) in [4.78, 5) is 17.0. The van der Waals surface area contributed by atoms with Crippen molar-refractivity contribution in [3.63, 3.8) is 0 Å². The molecule has 0 radical (unpaired) electrons. The maximum atomic E-state index is 12.8. The minimum atomic E-state index is 0.124. The molecule has 0 N–H and O–H groups in total. The van der Waals surface area contributed by atoms with Gasteiger partial charge in [-0.2, -0.15) is 0 Å². The van der Waals surface area contributed by atoms with Crippen LogP contribution in [0.5, 0.6) is 0 Å². The van der Waals surface area contributed by atoms with Crippen LogP contribution in [-0.4, -0.2) is 57.5 Å². The first-order chi connectivity index (χ1) is 15.2. The molecule has 0 spiro atoms. The van der Waals surface area contributed by atoms with Gasteiger partial charge in [-0.3, -0.25) is 9.36 Å². The highest BCUT2D eigenvalue weighted by molar-refractivity contribution is 7.99. The van der Waals surface area contributed by atoms with Crippen molar-refractivity contribution in [3.05, 3.63) is 72.3 Å². The van der Waals surface area contributed by atoms with Gasteiger partial charge in [0.2, 0.25) is 5.91 Å². The van der Waals surface area contributed by atoms with E-state index in [9.17, 15) is 4.79 Å². The lowest BCUT2D eigenvalue weighted by molar-refractivity contribution is -0.128. The summed E-state index contributed by atoms with van der Waals surface area (Å²) >= 11 is 7.41. The zero-order valence-corrected chi connectivity index (χ0v) is 18.7. The number of allylic oxidation sites excluding steroid dienone is 1. The summed E-state index contributed by atoms with van der Waals surface area (Å²) in [6, 6.07) is 17.8. The van der Waals surface area contributed by atoms with Gasteiger partial charge in [0.15, 0.2) is 11.0 Å². The first kappa shape index (κ1) is 21.5. The molecule has 0 atom stereocenters. The predicted octanol–water partition coefficient (Wildman–Crippen LogP) is 4.23. The maximum absolute atomic E-state index is 12.8. The Morgan fingerprint density at radius 2 is 1.74 bits per heavy atom. The van der Waals surface area contributed by atoms with Crippen LogP contribution in [0.25, 0.3) is 11.4 Å². The molecule has 160 valence electrons. The lowest BCUT2D eigenvalue weighted by Crippen LogP contribution is -2.49. The van der Waals surface area contributed by atoms with Crippen LogP contribution in [0.1, 0.15) is 0 Å². The highest BCUT2D eigenvalue weighted by atomic mass is 35.5. The second-order valence-electron chi connectivity index (χ2n) is 7.20. The van der Waals surface area contributed by atoms with Crippen LogP contribution in [0.3, 0.4) is 0 Å². The Kier molecular flexibility index (Phi) is 6.94. The number of carbonyl (C=O) groups is 1. The molecule has 1 aliphatic rings. The van der Waals surface area contributed by atoms with Crippen molar-refractivity contribution >= 4 is 35.0 Å². The molecule has 3 aromatic rings. The van der Waals surface area contributed by atoms with Gasteiger partial charge >= 0.3 is 0 Å². The molecule has 1 saturated heterocycles. The number of thioether (sulfide) groups is 1. The Morgan fingerprint density at radius 1 is 1.03 bits per heavy atom. The van der Waals surface area contributed by atoms with Gasteiger partial charge in [0.25, 0.3) is 0 Å². The van der Waals surface area contributed by atoms with E-state index in [1.807, 2.05) is 51.9 Å². The first-order valence-electron chi connectivity index (χ1n) is 10.2. The second kappa shape index (κ2) is 10.0. The summed E-state index contributed by atoms with van der Waals surface area (Å²) in [6.07, 6.45) is 1.80. The molecule has 1 aliphatic heterocycles. The Balaban J connectivity index is 1.37. The number of hydrogen-bond donors (Lipinski definition) is 0. The molecular weight excluding hydrogens is 430 g/mol. The van der Waals surface area contributed by atoms with E-state index in [2.05, 4.69) is 33.8 Å². The fourth-order valence-electron chi connectivity index (χ4n) is 3.57. The molecule has 1 fully saturated rings. The average Bonchev–Trinajstić information content (AvgIpc) is 3.21. The van der Waals surface area contributed by atoms with Gasteiger partial charge in [-0.05, 0) is 36.4 Å². The quantitative estimate of drug-likeness (QED) is 0.396. The lowest BCUT2D eigenvalue weighted by atomic mass is 10.2. The number of nitrogens with zero attached hydrogens (tertiary/aromatic N) is 5. The van der Waals surface area contributed by atoms with E-state index in [4.69, 9.17) is 11.6 Å². The number of aromatic nitrogens is 3. The van der Waals surface area contributed by atoms with Gasteiger partial charge in [-0.25, -0.2) is 0 Å². The van der Waals surface area contributed by atoms with Gasteiger partial charge in [-0.15, -0.1) is 16.8 Å². The van der Waals surface area contributed by atoms with E-state index >= 15 is 0 Å². The monoisotopic (exact) mass is 453 g/mol. The van der Waals surface area contributed by atoms with Crippen LogP contribution in [0.4, 0.5) is 5.69 Å². The Bertz CT molecular complexity index is 1030. The lowest BCUT2D eigenvalue weighted by Gasteiger charge is -2.36. The smallest absolute Gasteiger partial charge is 0.233 e. The number of para-hydroxylation sites is 1. The van der Waals surface area contributed by atoms with E-state index in [1.165, 1.54) is 17.4 Å². The van der Waals surface area contributed by atoms with Crippen molar-refractivity contribution < 1.29 is 4.79 Å². The van der Waals surface area contributed by atoms with Crippen molar-refractivity contribution in [3.8, 4) is 11.4 Å². The van der Waals surface area contributed by atoms with Gasteiger partial charge < -0.3 is 9.80 Å². The number of halogens is 1. The number of anilines is 1. The van der Waals surface area contributed by atoms with Crippen LogP contribution in [0.2, 0.25) is 5.02 Å². The van der Waals surface area contributed by atoms with Crippen molar-refractivity contribution in [2.75, 3.05) is 36.8 Å². The SMILES string of the molecule is C=CCn1c(SCC(=O)N2CCN(c3ccccc3)CC2)nnc1-c1ccc(Cl)cc1. The van der Waals surface area contributed by atoms with Gasteiger partial charge in [0, 0.05) is 49.0 Å². The van der Waals surface area contributed by atoms with Crippen molar-refractivity contribution in [2.45, 2.75) is 11.7 Å². The number of benzene rings is 2. The third kappa shape index (κ3) is 5.11. The summed E-state index contributed by atoms with van der Waals surface area (Å²) in [5.74, 6) is 1.20. The second-order valence-corrected chi connectivity index (χ2v) is 8.58. The van der Waals surface area contributed by atoms with Crippen LogP contribution < -0.4 is 4.90 Å². The molecule has 1 amide bonds. The third-order valence-corrected chi connectivity index (χ3v) is 6.41. The van der Waals surface area contributed by atoms with Gasteiger partial charge in [-0.1, -0.05) is 47.6 Å². The number of carbonyl (C=O) groups excluding carboxylic acids is 1. The summed E-state index contributed by atoms with van der Waals surface area (Å²) < 4.78 is 1.97. The molecule has 0 aliphatic carbocycles. The van der Waals surface area contributed by atoms with Crippen LogP contribution in [-0.2, 0) is 11.3 Å². The predicted molar refractivity (Wildman–Crippen MR) is 127 cm³/mol. The van der Waals surface area contributed by atoms with E-state index in [-0.39, 0.29) is 5.91 Å². The van der Waals surface area contributed by atoms with Gasteiger partial charge in [0.1, 0.15) is 0 Å². The summed E-state index contributed by atoms with van der Waals surface area (Å²) in [5.41, 5.74) is 2.13. The van der Waals surface area contributed by atoms with Crippen LogP contribution >= 0.6 is 23.4 Å². The first-order valence-corrected chi connectivity index (χ1v) is 11.5. The Morgan fingerprint density at radius 3 is 2.42 bits per heavy atom. The molecule has 8 heteroatoms. The summed E-state index contributed by atoms with van der Waals surface area (Å²) in [7, 11) is 0. The summed E-state index contributed by atoms with van der Waals surface area (Å²) in [6.45, 7) is 7.54. The van der Waals surface area contributed by atoms with E-state index in [1.54, 1.807) is 6.08 Å². The average molecular weight is 454 g/mol. The zero-order valence-electron chi connectivity index (χ0n) is 17.2.